The fourth-order valence-corrected chi connectivity index (χ4v) is 4.38. The fraction of sp³-hybridized carbons (Fsp3) is 0.344. The van der Waals surface area contributed by atoms with E-state index in [9.17, 15) is 9.59 Å². The molecule has 1 N–H and O–H groups in total. The number of carbonyl (C=O) groups excluding carboxylic acids is 3. The summed E-state index contributed by atoms with van der Waals surface area (Å²) in [5.41, 5.74) is 3.64. The van der Waals surface area contributed by atoms with Crippen molar-refractivity contribution in [2.75, 3.05) is 24.3 Å². The minimum absolute atomic E-state index is 0. The molecule has 262 valence electrons. The van der Waals surface area contributed by atoms with Crippen LogP contribution in [0.25, 0.3) is 22.5 Å². The number of H-pyrrole nitrogens is 1. The summed E-state index contributed by atoms with van der Waals surface area (Å²) in [7, 11) is 0. The Balaban J connectivity index is -0.000000319. The molecule has 0 radical (unpaired) electrons. The Bertz CT molecular complexity index is 1510. The molecule has 4 aromatic rings. The van der Waals surface area contributed by atoms with Crippen molar-refractivity contribution in [1.29, 1.82) is 0 Å². The van der Waals surface area contributed by atoms with Gasteiger partial charge in [0.25, 0.3) is 6.47 Å². The van der Waals surface area contributed by atoms with E-state index in [4.69, 9.17) is 27.0 Å². The molecule has 0 atom stereocenters. The summed E-state index contributed by atoms with van der Waals surface area (Å²) in [6, 6.07) is 19.7. The van der Waals surface area contributed by atoms with Gasteiger partial charge in [-0.1, -0.05) is 95.8 Å². The van der Waals surface area contributed by atoms with Crippen molar-refractivity contribution in [3.8, 4) is 22.5 Å². The molecule has 4 rings (SSSR count). The number of esters is 2. The zero-order valence-electron chi connectivity index (χ0n) is 29.0. The van der Waals surface area contributed by atoms with Gasteiger partial charge in [0, 0.05) is 35.1 Å². The summed E-state index contributed by atoms with van der Waals surface area (Å²) >= 11 is 9.59. The van der Waals surface area contributed by atoms with Gasteiger partial charge in [-0.05, 0) is 38.9 Å². The van der Waals surface area contributed by atoms with Crippen molar-refractivity contribution >= 4 is 58.3 Å². The summed E-state index contributed by atoms with van der Waals surface area (Å²) in [6.07, 6.45) is 5.86. The maximum Gasteiger partial charge on any atom is 1.00 e. The molecule has 0 unspecified atom stereocenters. The quantitative estimate of drug-likeness (QED) is 0.0220. The van der Waals surface area contributed by atoms with E-state index < -0.39 is 0 Å². The second-order valence-electron chi connectivity index (χ2n) is 8.58. The van der Waals surface area contributed by atoms with E-state index in [2.05, 4.69) is 55.9 Å². The third kappa shape index (κ3) is 26.9. The van der Waals surface area contributed by atoms with Crippen LogP contribution in [0.15, 0.2) is 78.2 Å². The Kier molecular flexibility index (Phi) is 39.1. The van der Waals surface area contributed by atoms with E-state index in [0.717, 1.165) is 46.4 Å². The van der Waals surface area contributed by atoms with E-state index in [1.807, 2.05) is 67.6 Å². The maximum atomic E-state index is 11.2. The van der Waals surface area contributed by atoms with Crippen LogP contribution in [-0.2, 0) is 28.7 Å². The van der Waals surface area contributed by atoms with Crippen molar-refractivity contribution in [2.45, 2.75) is 52.1 Å². The number of nitrogens with one attached hydrogen (secondary N) is 1. The second kappa shape index (κ2) is 36.5. The molecule has 0 aliphatic carbocycles. The predicted molar refractivity (Wildman–Crippen MR) is 189 cm³/mol. The molecule has 0 fully saturated rings. The van der Waals surface area contributed by atoms with E-state index >= 15 is 0 Å². The Morgan fingerprint density at radius 2 is 1.40 bits per heavy atom. The third-order valence-corrected chi connectivity index (χ3v) is 6.84. The van der Waals surface area contributed by atoms with Gasteiger partial charge >= 0.3 is 115 Å². The first-order chi connectivity index (χ1) is 22.9. The number of nitrogens with zero attached hydrogens (tertiary/aromatic N) is 5. The predicted octanol–water partition coefficient (Wildman–Crippen LogP) is 0.0911. The molecular weight excluding hydrogens is 803 g/mol. The minimum atomic E-state index is -0.181. The van der Waals surface area contributed by atoms with Gasteiger partial charge in [-0.3, -0.25) is 19.5 Å². The number of ether oxygens (including phenoxy) is 2. The first-order valence-electron chi connectivity index (χ1n) is 14.3. The van der Waals surface area contributed by atoms with Gasteiger partial charge in [0.2, 0.25) is 9.93 Å². The van der Waals surface area contributed by atoms with Gasteiger partial charge in [0.15, 0.2) is 0 Å². The van der Waals surface area contributed by atoms with Crippen molar-refractivity contribution in [1.82, 2.24) is 30.4 Å². The molecule has 0 aliphatic heterocycles. The largest absolute Gasteiger partial charge is 1.00 e. The molecule has 0 amide bonds. The van der Waals surface area contributed by atoms with Crippen molar-refractivity contribution < 1.29 is 138 Å². The number of benzene rings is 2. The van der Waals surface area contributed by atoms with Crippen LogP contribution >= 0.6 is 39.9 Å². The summed E-state index contributed by atoms with van der Waals surface area (Å²) in [4.78, 5) is 41.6. The molecule has 0 saturated heterocycles. The van der Waals surface area contributed by atoms with Gasteiger partial charge in [-0.2, -0.15) is 10.2 Å². The standard InChI is InChI=1S/C15H17N3O2S.C9H7N3S.C6H11BrO2.CH2O3.CH4.2K.H/c1-2-20-14(19)9-6-10-21-15-17-13(11-16-18-15)12-7-4-3-5-8-12;13-9-11-8(6-10-12-9)7-4-2-1-3-5-7;1-2-9-6(8)4-3-5-7;2-1-4-3;;;;/h3-5,7-8,11H,2,6,9-10H2,1H3;1-6H,(H,11,12,13);2-5H2,1H3;1,3H;1H4;;;/q;;;;;2*+1;-1/p-1. The molecule has 0 spiro atoms. The van der Waals surface area contributed by atoms with Crippen molar-refractivity contribution in [3.63, 3.8) is 0 Å². The number of thioether (sulfide) groups is 1. The van der Waals surface area contributed by atoms with Crippen LogP contribution in [0.5, 0.6) is 0 Å². The summed E-state index contributed by atoms with van der Waals surface area (Å²) in [5.74, 6) is 0.505. The van der Waals surface area contributed by atoms with E-state index in [1.165, 1.54) is 11.8 Å². The van der Waals surface area contributed by atoms with Crippen molar-refractivity contribution in [2.24, 2.45) is 0 Å². The summed E-state index contributed by atoms with van der Waals surface area (Å²) in [6.45, 7) is 4.35. The Labute approximate surface area is 397 Å². The van der Waals surface area contributed by atoms with Crippen LogP contribution in [0.1, 0.15) is 48.4 Å². The maximum absolute atomic E-state index is 11.2. The molecule has 2 aromatic carbocycles. The number of hydrogen-bond acceptors (Lipinski definition) is 14. The Morgan fingerprint density at radius 1 is 0.900 bits per heavy atom. The first-order valence-corrected chi connectivity index (χ1v) is 16.8. The number of halogens is 1. The first kappa shape index (κ1) is 53.5. The van der Waals surface area contributed by atoms with Gasteiger partial charge in [0.1, 0.15) is 0 Å². The Morgan fingerprint density at radius 3 is 1.86 bits per heavy atom. The average molecular weight is 844 g/mol. The van der Waals surface area contributed by atoms with Gasteiger partial charge < -0.3 is 21.0 Å². The molecule has 2 heterocycles. The number of carbonyl (C=O) groups is 3. The van der Waals surface area contributed by atoms with Gasteiger partial charge in [-0.15, -0.1) is 5.10 Å². The van der Waals surface area contributed by atoms with Crippen LogP contribution in [0.2, 0.25) is 0 Å². The number of aromatic amines is 1. The summed E-state index contributed by atoms with van der Waals surface area (Å²) < 4.78 is 9.97. The minimum Gasteiger partial charge on any atom is -1.00 e. The summed E-state index contributed by atoms with van der Waals surface area (Å²) in [5, 5.41) is 24.4. The average Bonchev–Trinajstić information content (AvgIpc) is 3.11. The topological polar surface area (TPSA) is 182 Å². The molecule has 50 heavy (non-hydrogen) atoms. The van der Waals surface area contributed by atoms with Crippen LogP contribution in [0.3, 0.4) is 0 Å². The fourth-order valence-electron chi connectivity index (χ4n) is 3.21. The van der Waals surface area contributed by atoms with Crippen LogP contribution in [-0.4, -0.2) is 73.1 Å². The normalized spacial score (nSPS) is 8.96. The number of hydrogen-bond donors (Lipinski definition) is 1. The molecular formula is C32H41BrK2N6O7S2. The monoisotopic (exact) mass is 842 g/mol. The van der Waals surface area contributed by atoms with Crippen LogP contribution < -0.4 is 108 Å². The van der Waals surface area contributed by atoms with Gasteiger partial charge in [-0.25, -0.2) is 9.97 Å². The van der Waals surface area contributed by atoms with E-state index in [0.29, 0.717) is 36.0 Å². The van der Waals surface area contributed by atoms with E-state index in [-0.39, 0.29) is 130 Å². The van der Waals surface area contributed by atoms with E-state index in [1.54, 1.807) is 19.3 Å². The molecule has 18 heteroatoms. The van der Waals surface area contributed by atoms with Crippen LogP contribution in [0.4, 0.5) is 0 Å². The Hall–Kier alpha value is -0.847. The van der Waals surface area contributed by atoms with Crippen molar-refractivity contribution in [3.05, 3.63) is 77.8 Å². The third-order valence-electron chi connectivity index (χ3n) is 5.17. The zero-order valence-corrected chi connectivity index (χ0v) is 37.4. The number of alkyl halides is 1. The molecule has 13 nitrogen and oxygen atoms in total. The zero-order chi connectivity index (χ0) is 34.5. The molecule has 2 aromatic heterocycles. The van der Waals surface area contributed by atoms with Gasteiger partial charge in [0.05, 0.1) is 37.0 Å². The molecule has 0 bridgehead atoms. The smallest absolute Gasteiger partial charge is 1.00 e. The molecule has 0 aliphatic rings. The molecule has 0 saturated carbocycles. The number of rotatable bonds is 13. The second-order valence-corrected chi connectivity index (χ2v) is 10.8. The SMILES string of the molecule is C.CCOC(=O)CCCBr.CCOC(=O)CCCSc1nncc(-c2ccccc2)n1.O=CO[O-].S=c1nc(-c2ccccc2)cn[nH]1.[H-].[K+].[K+]. The number of aromatic nitrogens is 6. The van der Waals surface area contributed by atoms with Crippen LogP contribution in [0, 0.1) is 4.77 Å².